The van der Waals surface area contributed by atoms with Gasteiger partial charge in [-0.2, -0.15) is 0 Å². The van der Waals surface area contributed by atoms with Gasteiger partial charge in [-0.15, -0.1) is 0 Å². The normalized spacial score (nSPS) is 11.5. The molecule has 0 aliphatic rings. The summed E-state index contributed by atoms with van der Waals surface area (Å²) in [5.41, 5.74) is 3.19. The Morgan fingerprint density at radius 2 is 1.74 bits per heavy atom. The predicted octanol–water partition coefficient (Wildman–Crippen LogP) is 4.54. The van der Waals surface area contributed by atoms with Crippen molar-refractivity contribution in [2.75, 3.05) is 0 Å². The summed E-state index contributed by atoms with van der Waals surface area (Å²) in [6, 6.07) is 10.3. The predicted molar refractivity (Wildman–Crippen MR) is 118 cm³/mol. The number of halogens is 2. The van der Waals surface area contributed by atoms with Crippen LogP contribution in [0.5, 0.6) is 0 Å². The van der Waals surface area contributed by atoms with Crippen molar-refractivity contribution in [1.29, 1.82) is 0 Å². The topological polar surface area (TPSA) is 56.1 Å². The molecular weight excluding hydrogens is 420 g/mol. The Morgan fingerprint density at radius 1 is 1.03 bits per heavy atom. The van der Waals surface area contributed by atoms with Gasteiger partial charge in [-0.05, 0) is 46.4 Å². The highest BCUT2D eigenvalue weighted by Crippen LogP contribution is 2.32. The quantitative estimate of drug-likeness (QED) is 0.539. The fourth-order valence-electron chi connectivity index (χ4n) is 3.61. The van der Waals surface area contributed by atoms with Crippen LogP contribution in [-0.4, -0.2) is 13.0 Å². The van der Waals surface area contributed by atoms with Crippen LogP contribution in [0.2, 0.25) is 0 Å². The lowest BCUT2D eigenvalue weighted by molar-refractivity contribution is 0.574. The summed E-state index contributed by atoms with van der Waals surface area (Å²) in [5.74, 6) is -1.63. The molecule has 162 valence electrons. The number of hydrogen-bond donors (Lipinski definition) is 0. The Labute approximate surface area is 180 Å². The van der Waals surface area contributed by atoms with E-state index in [9.17, 15) is 22.0 Å². The second-order valence-electron chi connectivity index (χ2n) is 7.36. The van der Waals surface area contributed by atoms with E-state index in [1.807, 2.05) is 6.92 Å². The first-order chi connectivity index (χ1) is 14.6. The second-order valence-corrected chi connectivity index (χ2v) is 9.31. The molecule has 0 fully saturated rings. The molecule has 0 amide bonds. The second kappa shape index (κ2) is 8.98. The van der Waals surface area contributed by atoms with Gasteiger partial charge in [0.2, 0.25) is 0 Å². The van der Waals surface area contributed by atoms with Crippen molar-refractivity contribution in [2.45, 2.75) is 25.5 Å². The molecule has 1 heterocycles. The van der Waals surface area contributed by atoms with E-state index in [2.05, 4.69) is 6.58 Å². The van der Waals surface area contributed by atoms with Gasteiger partial charge in [0.05, 0.1) is 5.75 Å². The molecule has 0 unspecified atom stereocenters. The van der Waals surface area contributed by atoms with Gasteiger partial charge in [0.1, 0.15) is 11.6 Å². The molecule has 0 saturated carbocycles. The van der Waals surface area contributed by atoms with Gasteiger partial charge in [0, 0.05) is 36.7 Å². The van der Waals surface area contributed by atoms with Crippen molar-refractivity contribution in [3.05, 3.63) is 105 Å². The number of aryl methyl sites for hydroxylation is 2. The van der Waals surface area contributed by atoms with E-state index in [4.69, 9.17) is 0 Å². The summed E-state index contributed by atoms with van der Waals surface area (Å²) >= 11 is 0. The van der Waals surface area contributed by atoms with Crippen molar-refractivity contribution in [3.63, 3.8) is 0 Å². The number of rotatable bonds is 7. The van der Waals surface area contributed by atoms with E-state index in [-0.39, 0.29) is 23.3 Å². The highest BCUT2D eigenvalue weighted by molar-refractivity contribution is 7.93. The molecule has 3 aromatic rings. The fraction of sp³-hybridized carbons (Fsp3) is 0.208. The van der Waals surface area contributed by atoms with E-state index >= 15 is 0 Å². The number of aromatic nitrogens is 1. The lowest BCUT2D eigenvalue weighted by atomic mass is 9.91. The van der Waals surface area contributed by atoms with Crippen LogP contribution in [0.3, 0.4) is 0 Å². The van der Waals surface area contributed by atoms with E-state index < -0.39 is 21.5 Å². The largest absolute Gasteiger partial charge is 0.318 e. The monoisotopic (exact) mass is 443 g/mol. The third-order valence-electron chi connectivity index (χ3n) is 5.17. The maximum absolute atomic E-state index is 14.3. The number of nitrogens with zero attached hydrogens (tertiary/aromatic N) is 1. The van der Waals surface area contributed by atoms with Gasteiger partial charge in [-0.3, -0.25) is 4.79 Å². The number of pyridine rings is 1. The zero-order chi connectivity index (χ0) is 22.8. The van der Waals surface area contributed by atoms with E-state index in [0.29, 0.717) is 34.2 Å². The van der Waals surface area contributed by atoms with Crippen LogP contribution in [0, 0.1) is 11.6 Å². The van der Waals surface area contributed by atoms with Crippen molar-refractivity contribution in [2.24, 2.45) is 7.05 Å². The van der Waals surface area contributed by atoms with Gasteiger partial charge in [-0.1, -0.05) is 37.8 Å². The number of hydrogen-bond acceptors (Lipinski definition) is 3. The van der Waals surface area contributed by atoms with Crippen LogP contribution in [0.4, 0.5) is 8.78 Å². The minimum Gasteiger partial charge on any atom is -0.318 e. The third kappa shape index (κ3) is 4.99. The standard InChI is InChI=1S/C24H23F2NO3S/c1-4-16-11-20(14-27(3)24(16)28)23-18(12-17-9-10-21(25)13-22(17)26)7-6-8-19(23)15-31(29,30)5-2/h5-11,13-14H,2,4,12,15H2,1,3H3. The first kappa shape index (κ1) is 22.6. The van der Waals surface area contributed by atoms with Crippen LogP contribution >= 0.6 is 0 Å². The maximum Gasteiger partial charge on any atom is 0.253 e. The molecule has 0 radical (unpaired) electrons. The average Bonchev–Trinajstić information content (AvgIpc) is 2.72. The highest BCUT2D eigenvalue weighted by atomic mass is 32.2. The third-order valence-corrected chi connectivity index (χ3v) is 6.39. The Balaban J connectivity index is 2.26. The Kier molecular flexibility index (Phi) is 6.55. The van der Waals surface area contributed by atoms with Crippen molar-refractivity contribution in [3.8, 4) is 11.1 Å². The number of benzene rings is 2. The van der Waals surface area contributed by atoms with Crippen LogP contribution in [0.25, 0.3) is 11.1 Å². The van der Waals surface area contributed by atoms with Gasteiger partial charge < -0.3 is 4.57 Å². The SMILES string of the molecule is C=CS(=O)(=O)Cc1cccc(Cc2ccc(F)cc2F)c1-c1cc(CC)c(=O)n(C)c1. The summed E-state index contributed by atoms with van der Waals surface area (Å²) in [6.07, 6.45) is 2.29. The van der Waals surface area contributed by atoms with Gasteiger partial charge in [0.15, 0.2) is 9.84 Å². The lowest BCUT2D eigenvalue weighted by Gasteiger charge is -2.17. The number of sulfone groups is 1. The zero-order valence-electron chi connectivity index (χ0n) is 17.4. The summed E-state index contributed by atoms with van der Waals surface area (Å²) in [5, 5.41) is 0.904. The Bertz CT molecular complexity index is 1310. The lowest BCUT2D eigenvalue weighted by Crippen LogP contribution is -2.20. The molecule has 7 heteroatoms. The van der Waals surface area contributed by atoms with Gasteiger partial charge >= 0.3 is 0 Å². The molecular formula is C24H23F2NO3S. The van der Waals surface area contributed by atoms with Crippen LogP contribution in [0.1, 0.15) is 29.2 Å². The zero-order valence-corrected chi connectivity index (χ0v) is 18.2. The molecule has 0 aliphatic carbocycles. The average molecular weight is 444 g/mol. The molecule has 1 aromatic heterocycles. The van der Waals surface area contributed by atoms with Gasteiger partial charge in [-0.25, -0.2) is 17.2 Å². The van der Waals surface area contributed by atoms with E-state index in [0.717, 1.165) is 11.5 Å². The minimum atomic E-state index is -3.57. The van der Waals surface area contributed by atoms with Crippen LogP contribution in [-0.2, 0) is 35.5 Å². The first-order valence-electron chi connectivity index (χ1n) is 9.75. The Morgan fingerprint density at radius 3 is 2.39 bits per heavy atom. The molecule has 0 aliphatic heterocycles. The molecule has 0 N–H and O–H groups in total. The molecule has 3 rings (SSSR count). The summed E-state index contributed by atoms with van der Waals surface area (Å²) in [6.45, 7) is 5.24. The highest BCUT2D eigenvalue weighted by Gasteiger charge is 2.18. The molecule has 4 nitrogen and oxygen atoms in total. The molecule has 0 atom stereocenters. The smallest absolute Gasteiger partial charge is 0.253 e. The van der Waals surface area contributed by atoms with Crippen molar-refractivity contribution >= 4 is 9.84 Å². The molecule has 31 heavy (non-hydrogen) atoms. The van der Waals surface area contributed by atoms with Crippen LogP contribution < -0.4 is 5.56 Å². The van der Waals surface area contributed by atoms with E-state index in [1.54, 1.807) is 37.5 Å². The van der Waals surface area contributed by atoms with Crippen molar-refractivity contribution in [1.82, 2.24) is 4.57 Å². The van der Waals surface area contributed by atoms with E-state index in [1.165, 1.54) is 16.7 Å². The first-order valence-corrected chi connectivity index (χ1v) is 11.5. The molecule has 2 aromatic carbocycles. The van der Waals surface area contributed by atoms with Crippen molar-refractivity contribution < 1.29 is 17.2 Å². The molecule has 0 bridgehead atoms. The molecule has 0 spiro atoms. The fourth-order valence-corrected chi connectivity index (χ4v) is 4.40. The summed E-state index contributed by atoms with van der Waals surface area (Å²) in [4.78, 5) is 12.4. The maximum atomic E-state index is 14.3. The Hall–Kier alpha value is -3.06. The van der Waals surface area contributed by atoms with Crippen LogP contribution in [0.15, 0.2) is 65.4 Å². The van der Waals surface area contributed by atoms with Gasteiger partial charge in [0.25, 0.3) is 5.56 Å². The molecule has 0 saturated heterocycles. The minimum absolute atomic E-state index is 0.131. The summed E-state index contributed by atoms with van der Waals surface area (Å²) < 4.78 is 53.7. The summed E-state index contributed by atoms with van der Waals surface area (Å²) in [7, 11) is -1.94.